The van der Waals surface area contributed by atoms with Gasteiger partial charge in [-0.3, -0.25) is 0 Å². The highest BCUT2D eigenvalue weighted by molar-refractivity contribution is 5.68. The number of aliphatic hydroxyl groups is 1. The summed E-state index contributed by atoms with van der Waals surface area (Å²) in [5.41, 5.74) is 6.57. The molecular formula is C16H25N3O3. The minimum Gasteiger partial charge on any atom is -0.444 e. The van der Waals surface area contributed by atoms with Gasteiger partial charge in [0.25, 0.3) is 0 Å². The van der Waals surface area contributed by atoms with Crippen molar-refractivity contribution in [1.29, 1.82) is 0 Å². The number of nitrogens with two attached hydrogens (primary N) is 1. The molecule has 0 spiro atoms. The van der Waals surface area contributed by atoms with Crippen molar-refractivity contribution < 1.29 is 14.6 Å². The third kappa shape index (κ3) is 6.58. The van der Waals surface area contributed by atoms with E-state index in [4.69, 9.17) is 15.6 Å². The first kappa shape index (κ1) is 18.0. The lowest BCUT2D eigenvalue weighted by Gasteiger charge is -2.21. The highest BCUT2D eigenvalue weighted by Crippen LogP contribution is 2.12. The van der Waals surface area contributed by atoms with E-state index in [2.05, 4.69) is 10.3 Å². The van der Waals surface area contributed by atoms with E-state index < -0.39 is 11.7 Å². The number of rotatable bonds is 5. The molecule has 0 aromatic carbocycles. The number of carbonyl (C=O) groups is 1. The average Bonchev–Trinajstić information content (AvgIpc) is 2.38. The van der Waals surface area contributed by atoms with Crippen molar-refractivity contribution in [2.24, 2.45) is 0 Å². The van der Waals surface area contributed by atoms with Crippen LogP contribution in [0.5, 0.6) is 0 Å². The van der Waals surface area contributed by atoms with Crippen LogP contribution in [0.4, 0.5) is 10.6 Å². The highest BCUT2D eigenvalue weighted by Gasteiger charge is 2.17. The summed E-state index contributed by atoms with van der Waals surface area (Å²) in [6, 6.07) is 1.73. The Morgan fingerprint density at radius 1 is 1.55 bits per heavy atom. The van der Waals surface area contributed by atoms with Crippen LogP contribution in [0, 0.1) is 0 Å². The summed E-state index contributed by atoms with van der Waals surface area (Å²) in [7, 11) is 0. The first-order chi connectivity index (χ1) is 10.2. The molecule has 1 aromatic rings. The van der Waals surface area contributed by atoms with Crippen LogP contribution >= 0.6 is 0 Å². The second-order valence-corrected chi connectivity index (χ2v) is 6.16. The predicted molar refractivity (Wildman–Crippen MR) is 87.1 cm³/mol. The topological polar surface area (TPSA) is 97.5 Å². The molecule has 1 aromatic heterocycles. The van der Waals surface area contributed by atoms with Crippen molar-refractivity contribution in [2.75, 3.05) is 5.73 Å². The van der Waals surface area contributed by atoms with E-state index in [0.717, 1.165) is 5.56 Å². The van der Waals surface area contributed by atoms with Gasteiger partial charge in [0.15, 0.2) is 0 Å². The second kappa shape index (κ2) is 7.79. The van der Waals surface area contributed by atoms with Gasteiger partial charge in [-0.05, 0) is 45.7 Å². The van der Waals surface area contributed by atoms with Gasteiger partial charge >= 0.3 is 6.09 Å². The number of pyridine rings is 1. The molecular weight excluding hydrogens is 282 g/mol. The molecule has 6 heteroatoms. The van der Waals surface area contributed by atoms with Gasteiger partial charge in [-0.15, -0.1) is 0 Å². The number of ether oxygens (including phenoxy) is 1. The fourth-order valence-electron chi connectivity index (χ4n) is 1.73. The van der Waals surface area contributed by atoms with Gasteiger partial charge < -0.3 is 20.9 Å². The fourth-order valence-corrected chi connectivity index (χ4v) is 1.73. The number of anilines is 1. The molecule has 0 saturated heterocycles. The van der Waals surface area contributed by atoms with E-state index in [0.29, 0.717) is 17.8 Å². The van der Waals surface area contributed by atoms with Gasteiger partial charge in [0, 0.05) is 17.8 Å². The van der Waals surface area contributed by atoms with E-state index in [1.54, 1.807) is 12.3 Å². The zero-order valence-electron chi connectivity index (χ0n) is 13.6. The summed E-state index contributed by atoms with van der Waals surface area (Å²) >= 11 is 0. The number of aromatic nitrogens is 1. The minimum absolute atomic E-state index is 0.0508. The Morgan fingerprint density at radius 2 is 2.23 bits per heavy atom. The van der Waals surface area contributed by atoms with Gasteiger partial charge in [-0.1, -0.05) is 12.2 Å². The third-order valence-electron chi connectivity index (χ3n) is 2.76. The van der Waals surface area contributed by atoms with Gasteiger partial charge in [-0.25, -0.2) is 9.78 Å². The Morgan fingerprint density at radius 3 is 2.82 bits per heavy atom. The lowest BCUT2D eigenvalue weighted by molar-refractivity contribution is 0.0509. The number of alkyl carbamates (subject to hydrolysis) is 1. The van der Waals surface area contributed by atoms with Crippen molar-refractivity contribution in [3.8, 4) is 0 Å². The molecule has 1 heterocycles. The maximum atomic E-state index is 11.6. The minimum atomic E-state index is -0.504. The molecule has 1 atom stereocenters. The monoisotopic (exact) mass is 307 g/mol. The van der Waals surface area contributed by atoms with Crippen molar-refractivity contribution in [3.05, 3.63) is 29.5 Å². The SMILES string of the molecule is C[C@@H](C/C=C/c1cnc(N)c(CO)c1)NC(=O)OC(C)(C)C. The molecule has 0 unspecified atom stereocenters. The lowest BCUT2D eigenvalue weighted by atomic mass is 10.1. The summed E-state index contributed by atoms with van der Waals surface area (Å²) in [4.78, 5) is 15.6. The molecule has 0 bridgehead atoms. The Balaban J connectivity index is 2.50. The largest absolute Gasteiger partial charge is 0.444 e. The summed E-state index contributed by atoms with van der Waals surface area (Å²) in [5.74, 6) is 0.333. The molecule has 122 valence electrons. The number of hydrogen-bond acceptors (Lipinski definition) is 5. The standard InChI is InChI=1S/C16H25N3O3/c1-11(19-15(21)22-16(2,3)4)6-5-7-12-8-13(10-20)14(17)18-9-12/h5,7-9,11,20H,6,10H2,1-4H3,(H2,17,18)(H,19,21)/b7-5+/t11-/m0/s1. The molecule has 22 heavy (non-hydrogen) atoms. The zero-order chi connectivity index (χ0) is 16.8. The van der Waals surface area contributed by atoms with Crippen LogP contribution in [0.1, 0.15) is 45.2 Å². The van der Waals surface area contributed by atoms with E-state index in [-0.39, 0.29) is 12.6 Å². The molecule has 0 saturated carbocycles. The molecule has 4 N–H and O–H groups in total. The smallest absolute Gasteiger partial charge is 0.407 e. The summed E-state index contributed by atoms with van der Waals surface area (Å²) < 4.78 is 5.19. The number of carbonyl (C=O) groups excluding carboxylic acids is 1. The van der Waals surface area contributed by atoms with Gasteiger partial charge in [0.05, 0.1) is 6.61 Å². The molecule has 6 nitrogen and oxygen atoms in total. The van der Waals surface area contributed by atoms with Crippen LogP contribution in [0.15, 0.2) is 18.3 Å². The van der Waals surface area contributed by atoms with Crippen LogP contribution in [0.25, 0.3) is 6.08 Å². The van der Waals surface area contributed by atoms with Crippen LogP contribution in [0.2, 0.25) is 0 Å². The van der Waals surface area contributed by atoms with Gasteiger partial charge in [-0.2, -0.15) is 0 Å². The molecule has 0 fully saturated rings. The molecule has 0 aliphatic rings. The van der Waals surface area contributed by atoms with Crippen LogP contribution < -0.4 is 11.1 Å². The fraction of sp³-hybridized carbons (Fsp3) is 0.500. The number of nitrogens with zero attached hydrogens (tertiary/aromatic N) is 1. The predicted octanol–water partition coefficient (Wildman–Crippen LogP) is 2.47. The Labute approximate surface area is 131 Å². The van der Waals surface area contributed by atoms with E-state index in [1.165, 1.54) is 0 Å². The van der Waals surface area contributed by atoms with E-state index >= 15 is 0 Å². The number of nitrogen functional groups attached to an aromatic ring is 1. The van der Waals surface area contributed by atoms with Crippen molar-refractivity contribution in [3.63, 3.8) is 0 Å². The summed E-state index contributed by atoms with van der Waals surface area (Å²) in [6.45, 7) is 7.23. The summed E-state index contributed by atoms with van der Waals surface area (Å²) in [5, 5.41) is 11.9. The van der Waals surface area contributed by atoms with Crippen LogP contribution in [-0.4, -0.2) is 27.8 Å². The number of nitrogens with one attached hydrogen (secondary N) is 1. The first-order valence-electron chi connectivity index (χ1n) is 7.22. The lowest BCUT2D eigenvalue weighted by Crippen LogP contribution is -2.37. The number of amides is 1. The molecule has 1 amide bonds. The Hall–Kier alpha value is -2.08. The normalized spacial score (nSPS) is 13.1. The molecule has 0 radical (unpaired) electrons. The third-order valence-corrected chi connectivity index (χ3v) is 2.76. The van der Waals surface area contributed by atoms with E-state index in [1.807, 2.05) is 39.8 Å². The summed E-state index contributed by atoms with van der Waals surface area (Å²) in [6.07, 6.45) is 5.66. The van der Waals surface area contributed by atoms with Gasteiger partial charge in [0.1, 0.15) is 11.4 Å². The van der Waals surface area contributed by atoms with Crippen LogP contribution in [0.3, 0.4) is 0 Å². The Bertz CT molecular complexity index is 536. The van der Waals surface area contributed by atoms with Gasteiger partial charge in [0.2, 0.25) is 0 Å². The number of hydrogen-bond donors (Lipinski definition) is 3. The maximum Gasteiger partial charge on any atom is 0.407 e. The quantitative estimate of drug-likeness (QED) is 0.776. The van der Waals surface area contributed by atoms with Crippen molar-refractivity contribution >= 4 is 18.0 Å². The maximum absolute atomic E-state index is 11.6. The van der Waals surface area contributed by atoms with E-state index in [9.17, 15) is 4.79 Å². The van der Waals surface area contributed by atoms with Crippen molar-refractivity contribution in [2.45, 2.75) is 52.4 Å². The zero-order valence-corrected chi connectivity index (χ0v) is 13.6. The van der Waals surface area contributed by atoms with Crippen molar-refractivity contribution in [1.82, 2.24) is 10.3 Å². The highest BCUT2D eigenvalue weighted by atomic mass is 16.6. The van der Waals surface area contributed by atoms with Crippen LogP contribution in [-0.2, 0) is 11.3 Å². The number of aliphatic hydroxyl groups excluding tert-OH is 1. The molecule has 1 rings (SSSR count). The second-order valence-electron chi connectivity index (χ2n) is 6.16. The first-order valence-corrected chi connectivity index (χ1v) is 7.22. The average molecular weight is 307 g/mol. The molecule has 0 aliphatic heterocycles. The molecule has 0 aliphatic carbocycles. The Kier molecular flexibility index (Phi) is 6.37.